The molecular weight excluding hydrogens is 267 g/mol. The molecule has 2 unspecified atom stereocenters. The molecule has 112 valence electrons. The molecule has 1 aliphatic rings. The number of hydrogen-bond acceptors (Lipinski definition) is 3. The second kappa shape index (κ2) is 6.52. The summed E-state index contributed by atoms with van der Waals surface area (Å²) in [4.78, 5) is 7.54. The molecular formula is C14H20F3N3. The standard InChI is InChI=1S/C14H20F3N3/c1-10(11-5-3-2-4-6-11)20-13(14(15,16)17)12-9-18-7-8-19-12/h7-11,13,20H,2-6H2,1H3. The van der Waals surface area contributed by atoms with E-state index in [-0.39, 0.29) is 11.7 Å². The van der Waals surface area contributed by atoms with Crippen LogP contribution < -0.4 is 5.32 Å². The Kier molecular flexibility index (Phi) is 4.96. The first-order valence-corrected chi connectivity index (χ1v) is 7.07. The van der Waals surface area contributed by atoms with Crippen LogP contribution in [-0.2, 0) is 0 Å². The maximum Gasteiger partial charge on any atom is 0.409 e. The number of hydrogen-bond donors (Lipinski definition) is 1. The number of nitrogens with one attached hydrogen (secondary N) is 1. The van der Waals surface area contributed by atoms with Gasteiger partial charge in [0.25, 0.3) is 0 Å². The van der Waals surface area contributed by atoms with E-state index in [1.807, 2.05) is 6.92 Å². The van der Waals surface area contributed by atoms with Gasteiger partial charge in [0.15, 0.2) is 0 Å². The van der Waals surface area contributed by atoms with E-state index in [0.29, 0.717) is 5.92 Å². The Bertz CT molecular complexity index is 402. The lowest BCUT2D eigenvalue weighted by molar-refractivity contribution is -0.161. The topological polar surface area (TPSA) is 37.8 Å². The Morgan fingerprint density at radius 1 is 1.20 bits per heavy atom. The first-order chi connectivity index (χ1) is 9.48. The van der Waals surface area contributed by atoms with Crippen LogP contribution in [0.5, 0.6) is 0 Å². The van der Waals surface area contributed by atoms with Gasteiger partial charge in [0.1, 0.15) is 6.04 Å². The zero-order valence-electron chi connectivity index (χ0n) is 11.5. The van der Waals surface area contributed by atoms with Crippen molar-refractivity contribution in [1.29, 1.82) is 0 Å². The van der Waals surface area contributed by atoms with Crippen molar-refractivity contribution in [3.05, 3.63) is 24.3 Å². The predicted octanol–water partition coefficient (Wildman–Crippen LogP) is 3.64. The van der Waals surface area contributed by atoms with Gasteiger partial charge in [-0.3, -0.25) is 15.3 Å². The molecule has 3 nitrogen and oxygen atoms in total. The average molecular weight is 287 g/mol. The van der Waals surface area contributed by atoms with Crippen molar-refractivity contribution in [2.45, 2.75) is 57.3 Å². The van der Waals surface area contributed by atoms with Crippen molar-refractivity contribution >= 4 is 0 Å². The van der Waals surface area contributed by atoms with Crippen molar-refractivity contribution in [1.82, 2.24) is 15.3 Å². The second-order valence-corrected chi connectivity index (χ2v) is 5.46. The maximum absolute atomic E-state index is 13.2. The molecule has 0 amide bonds. The highest BCUT2D eigenvalue weighted by molar-refractivity contribution is 5.06. The highest BCUT2D eigenvalue weighted by Crippen LogP contribution is 2.34. The third-order valence-electron chi connectivity index (χ3n) is 3.99. The minimum absolute atomic E-state index is 0.0670. The van der Waals surface area contributed by atoms with Crippen LogP contribution in [0.2, 0.25) is 0 Å². The van der Waals surface area contributed by atoms with Gasteiger partial charge >= 0.3 is 6.18 Å². The summed E-state index contributed by atoms with van der Waals surface area (Å²) >= 11 is 0. The van der Waals surface area contributed by atoms with Gasteiger partial charge in [-0.25, -0.2) is 0 Å². The molecule has 0 aliphatic heterocycles. The van der Waals surface area contributed by atoms with E-state index in [2.05, 4.69) is 15.3 Å². The highest BCUT2D eigenvalue weighted by atomic mass is 19.4. The van der Waals surface area contributed by atoms with E-state index in [4.69, 9.17) is 0 Å². The number of nitrogens with zero attached hydrogens (tertiary/aromatic N) is 2. The average Bonchev–Trinajstić information content (AvgIpc) is 2.45. The number of alkyl halides is 3. The van der Waals surface area contributed by atoms with E-state index < -0.39 is 12.2 Å². The summed E-state index contributed by atoms with van der Waals surface area (Å²) in [7, 11) is 0. The van der Waals surface area contributed by atoms with E-state index in [9.17, 15) is 13.2 Å². The monoisotopic (exact) mass is 287 g/mol. The van der Waals surface area contributed by atoms with Gasteiger partial charge in [-0.15, -0.1) is 0 Å². The molecule has 2 atom stereocenters. The van der Waals surface area contributed by atoms with Gasteiger partial charge in [-0.05, 0) is 25.7 Å². The molecule has 0 saturated heterocycles. The smallest absolute Gasteiger partial charge is 0.298 e. The van der Waals surface area contributed by atoms with E-state index in [0.717, 1.165) is 25.7 Å². The molecule has 1 fully saturated rings. The lowest BCUT2D eigenvalue weighted by atomic mass is 9.84. The summed E-state index contributed by atoms with van der Waals surface area (Å²) in [5.74, 6) is 0.310. The van der Waals surface area contributed by atoms with Crippen molar-refractivity contribution in [3.8, 4) is 0 Å². The van der Waals surface area contributed by atoms with Gasteiger partial charge in [0, 0.05) is 18.4 Å². The first-order valence-electron chi connectivity index (χ1n) is 7.07. The summed E-state index contributed by atoms with van der Waals surface area (Å²) < 4.78 is 39.6. The van der Waals surface area contributed by atoms with Crippen LogP contribution in [0.1, 0.15) is 50.8 Å². The third kappa shape index (κ3) is 3.91. The van der Waals surface area contributed by atoms with Gasteiger partial charge in [0.05, 0.1) is 11.9 Å². The van der Waals surface area contributed by atoms with Crippen LogP contribution >= 0.6 is 0 Å². The minimum atomic E-state index is -4.36. The van der Waals surface area contributed by atoms with Crippen LogP contribution in [0.4, 0.5) is 13.2 Å². The Morgan fingerprint density at radius 2 is 1.90 bits per heavy atom. The minimum Gasteiger partial charge on any atom is -0.298 e. The zero-order chi connectivity index (χ0) is 14.6. The molecule has 1 N–H and O–H groups in total. The molecule has 2 rings (SSSR count). The molecule has 0 spiro atoms. The largest absolute Gasteiger partial charge is 0.409 e. The molecule has 1 saturated carbocycles. The summed E-state index contributed by atoms with van der Waals surface area (Å²) in [6.45, 7) is 1.84. The Balaban J connectivity index is 2.08. The first kappa shape index (κ1) is 15.2. The van der Waals surface area contributed by atoms with Crippen LogP contribution in [-0.4, -0.2) is 22.2 Å². The lowest BCUT2D eigenvalue weighted by Gasteiger charge is -2.32. The fourth-order valence-electron chi connectivity index (χ4n) is 2.84. The maximum atomic E-state index is 13.2. The van der Waals surface area contributed by atoms with Crippen LogP contribution in [0, 0.1) is 5.92 Å². The van der Waals surface area contributed by atoms with Gasteiger partial charge in [-0.1, -0.05) is 19.3 Å². The normalized spacial score (nSPS) is 20.6. The molecule has 1 heterocycles. The fourth-order valence-corrected chi connectivity index (χ4v) is 2.84. The lowest BCUT2D eigenvalue weighted by Crippen LogP contribution is -2.43. The summed E-state index contributed by atoms with van der Waals surface area (Å²) in [5.41, 5.74) is -0.0670. The molecule has 1 aromatic heterocycles. The molecule has 1 aliphatic carbocycles. The molecule has 0 bridgehead atoms. The molecule has 0 radical (unpaired) electrons. The number of aromatic nitrogens is 2. The fraction of sp³-hybridized carbons (Fsp3) is 0.714. The molecule has 6 heteroatoms. The SMILES string of the molecule is CC(NC(c1cnccn1)C(F)(F)F)C1CCCCC1. The van der Waals surface area contributed by atoms with Crippen LogP contribution in [0.15, 0.2) is 18.6 Å². The molecule has 1 aromatic rings. The summed E-state index contributed by atoms with van der Waals surface area (Å²) in [6.07, 6.45) is 4.89. The van der Waals surface area contributed by atoms with Crippen LogP contribution in [0.3, 0.4) is 0 Å². The third-order valence-corrected chi connectivity index (χ3v) is 3.99. The van der Waals surface area contributed by atoms with Crippen molar-refractivity contribution in [2.75, 3.05) is 0 Å². The van der Waals surface area contributed by atoms with Gasteiger partial charge < -0.3 is 0 Å². The second-order valence-electron chi connectivity index (χ2n) is 5.46. The van der Waals surface area contributed by atoms with Crippen molar-refractivity contribution < 1.29 is 13.2 Å². The molecule has 0 aromatic carbocycles. The Morgan fingerprint density at radius 3 is 2.45 bits per heavy atom. The Labute approximate surface area is 117 Å². The van der Waals surface area contributed by atoms with Crippen molar-refractivity contribution in [2.24, 2.45) is 5.92 Å². The summed E-state index contributed by atoms with van der Waals surface area (Å²) in [5, 5.41) is 2.72. The quantitative estimate of drug-likeness (QED) is 0.918. The highest BCUT2D eigenvalue weighted by Gasteiger charge is 2.43. The van der Waals surface area contributed by atoms with E-state index in [1.54, 1.807) is 0 Å². The number of rotatable bonds is 4. The predicted molar refractivity (Wildman–Crippen MR) is 70.0 cm³/mol. The van der Waals surface area contributed by atoms with Crippen LogP contribution in [0.25, 0.3) is 0 Å². The summed E-state index contributed by atoms with van der Waals surface area (Å²) in [6, 6.07) is -1.92. The molecule has 20 heavy (non-hydrogen) atoms. The number of halogens is 3. The Hall–Kier alpha value is -1.17. The van der Waals surface area contributed by atoms with Gasteiger partial charge in [-0.2, -0.15) is 13.2 Å². The van der Waals surface area contributed by atoms with E-state index in [1.165, 1.54) is 25.0 Å². The van der Waals surface area contributed by atoms with E-state index >= 15 is 0 Å². The van der Waals surface area contributed by atoms with Gasteiger partial charge in [0.2, 0.25) is 0 Å². The zero-order valence-corrected chi connectivity index (χ0v) is 11.5. The van der Waals surface area contributed by atoms with Crippen molar-refractivity contribution in [3.63, 3.8) is 0 Å².